The normalized spacial score (nSPS) is 13.5. The van der Waals surface area contributed by atoms with Gasteiger partial charge >= 0.3 is 0 Å². The Bertz CT molecular complexity index is 144. The fourth-order valence-electron chi connectivity index (χ4n) is 3.32. The molecule has 1 atom stereocenters. The molecule has 0 aromatic carbocycles. The molecule has 0 amide bonds. The molecule has 2 fully saturated rings. The predicted molar refractivity (Wildman–Crippen MR) is 198 cm³/mol. The van der Waals surface area contributed by atoms with Gasteiger partial charge in [0.1, 0.15) is 0 Å². The standard InChI is InChI=1S/2C9H18.8C2H6.2CH4.H3P/c2*1-9-7-5-3-2-4-6-8-9;8*1-2;;;/h2*9H,2-8H2,1H3;8*1-2H3;2*1H4;1H3. The van der Waals surface area contributed by atoms with E-state index in [0.717, 1.165) is 11.8 Å². The summed E-state index contributed by atoms with van der Waals surface area (Å²) in [7, 11) is 0. The molecule has 0 nitrogen and oxygen atoms in total. The first kappa shape index (κ1) is 71.1. The zero-order valence-electron chi connectivity index (χ0n) is 29.8. The Labute approximate surface area is 250 Å². The Morgan fingerprint density at radius 3 is 0.514 bits per heavy atom. The van der Waals surface area contributed by atoms with Crippen LogP contribution in [-0.4, -0.2) is 0 Å². The fourth-order valence-corrected chi connectivity index (χ4v) is 3.32. The molecule has 1 heteroatoms. The first-order valence-electron chi connectivity index (χ1n) is 16.8. The molecule has 0 spiro atoms. The Hall–Kier alpha value is 0.430. The highest BCUT2D eigenvalue weighted by Crippen LogP contribution is 2.21. The molecule has 0 radical (unpaired) electrons. The van der Waals surface area contributed by atoms with E-state index in [0.29, 0.717) is 0 Å². The van der Waals surface area contributed by atoms with Crippen LogP contribution in [0.15, 0.2) is 0 Å². The van der Waals surface area contributed by atoms with Gasteiger partial charge in [-0.2, -0.15) is 9.90 Å². The van der Waals surface area contributed by atoms with Gasteiger partial charge in [0.05, 0.1) is 0 Å². The van der Waals surface area contributed by atoms with Crippen LogP contribution in [0.25, 0.3) is 0 Å². The molecule has 2 aliphatic rings. The SMILES string of the molecule is C.C.CC.CC.CC.CC.CC.CC.CC.CC.CC1CCCCCCC1.CC1CCCCCCC1.P. The van der Waals surface area contributed by atoms with Crippen molar-refractivity contribution in [2.24, 2.45) is 11.8 Å². The molecule has 1 unspecified atom stereocenters. The van der Waals surface area contributed by atoms with Crippen LogP contribution in [0.4, 0.5) is 0 Å². The van der Waals surface area contributed by atoms with Gasteiger partial charge in [0.25, 0.3) is 0 Å². The molecule has 2 rings (SSSR count). The third-order valence-electron chi connectivity index (χ3n) is 4.79. The first-order chi connectivity index (χ1) is 16.8. The van der Waals surface area contributed by atoms with Gasteiger partial charge in [-0.3, -0.25) is 0 Å². The minimum atomic E-state index is 0. The maximum absolute atomic E-state index is 2.39. The Kier molecular flexibility index (Phi) is 211. The van der Waals surface area contributed by atoms with Crippen LogP contribution >= 0.6 is 9.90 Å². The lowest BCUT2D eigenvalue weighted by atomic mass is 9.93. The molecular weight excluding hydrogens is 463 g/mol. The maximum Gasteiger partial charge on any atom is -0.0443 e. The predicted octanol–water partition coefficient (Wildman–Crippen LogP) is 16.3. The fraction of sp³-hybridized carbons (Fsp3) is 1.00. The van der Waals surface area contributed by atoms with Gasteiger partial charge in [-0.15, -0.1) is 0 Å². The number of hydrogen-bond acceptors (Lipinski definition) is 0. The minimum absolute atomic E-state index is 0. The Morgan fingerprint density at radius 1 is 0.270 bits per heavy atom. The summed E-state index contributed by atoms with van der Waals surface area (Å²) in [5, 5.41) is 0. The van der Waals surface area contributed by atoms with Gasteiger partial charge in [-0.1, -0.05) is 229 Å². The molecule has 244 valence electrons. The summed E-state index contributed by atoms with van der Waals surface area (Å²) in [6.45, 7) is 36.8. The molecule has 0 aromatic heterocycles. The van der Waals surface area contributed by atoms with Crippen LogP contribution in [0.3, 0.4) is 0 Å². The number of hydrogen-bond donors (Lipinski definition) is 0. The molecule has 0 aliphatic heterocycles. The lowest BCUT2D eigenvalue weighted by Gasteiger charge is -2.13. The average molecular weight is 559 g/mol. The smallest absolute Gasteiger partial charge is 0.0443 e. The molecule has 0 aromatic rings. The van der Waals surface area contributed by atoms with E-state index < -0.39 is 0 Å². The molecule has 0 heterocycles. The van der Waals surface area contributed by atoms with E-state index in [1.807, 2.05) is 111 Å². The highest BCUT2D eigenvalue weighted by Gasteiger charge is 2.05. The largest absolute Gasteiger partial charge is 0.153 e. The van der Waals surface area contributed by atoms with Gasteiger partial charge in [-0.05, 0) is 11.8 Å². The van der Waals surface area contributed by atoms with Gasteiger partial charge < -0.3 is 0 Å². The second-order valence-corrected chi connectivity index (χ2v) is 6.90. The van der Waals surface area contributed by atoms with E-state index in [9.17, 15) is 0 Å². The third kappa shape index (κ3) is 103. The van der Waals surface area contributed by atoms with Crippen LogP contribution in [0.2, 0.25) is 0 Å². The molecular formula is C36H95P. The highest BCUT2D eigenvalue weighted by molar-refractivity contribution is 6.92. The monoisotopic (exact) mass is 559 g/mol. The topological polar surface area (TPSA) is 0 Å². The molecule has 0 bridgehead atoms. The second-order valence-electron chi connectivity index (χ2n) is 6.90. The van der Waals surface area contributed by atoms with Crippen molar-refractivity contribution in [3.05, 3.63) is 0 Å². The molecule has 37 heavy (non-hydrogen) atoms. The van der Waals surface area contributed by atoms with Crippen LogP contribution in [0.1, 0.15) is 229 Å². The minimum Gasteiger partial charge on any atom is -0.153 e. The summed E-state index contributed by atoms with van der Waals surface area (Å²) in [5.41, 5.74) is 0. The van der Waals surface area contributed by atoms with Crippen molar-refractivity contribution in [3.8, 4) is 0 Å². The van der Waals surface area contributed by atoms with Gasteiger partial charge in [-0.25, -0.2) is 0 Å². The van der Waals surface area contributed by atoms with Gasteiger partial charge in [0.2, 0.25) is 0 Å². The summed E-state index contributed by atoms with van der Waals surface area (Å²) in [6, 6.07) is 0. The van der Waals surface area contributed by atoms with E-state index in [-0.39, 0.29) is 24.8 Å². The summed E-state index contributed by atoms with van der Waals surface area (Å²) in [6.07, 6.45) is 20.8. The van der Waals surface area contributed by atoms with Gasteiger partial charge in [0.15, 0.2) is 0 Å². The van der Waals surface area contributed by atoms with E-state index >= 15 is 0 Å². The molecule has 2 aliphatic carbocycles. The van der Waals surface area contributed by atoms with Crippen molar-refractivity contribution in [2.45, 2.75) is 229 Å². The summed E-state index contributed by atoms with van der Waals surface area (Å²) < 4.78 is 0. The zero-order valence-corrected chi connectivity index (χ0v) is 31.2. The van der Waals surface area contributed by atoms with E-state index in [2.05, 4.69) is 13.8 Å². The van der Waals surface area contributed by atoms with E-state index in [1.165, 1.54) is 89.9 Å². The van der Waals surface area contributed by atoms with Crippen LogP contribution in [0, 0.1) is 11.8 Å². The van der Waals surface area contributed by atoms with Crippen LogP contribution in [-0.2, 0) is 0 Å². The lowest BCUT2D eigenvalue weighted by Crippen LogP contribution is -1.97. The highest BCUT2D eigenvalue weighted by atomic mass is 31.0. The van der Waals surface area contributed by atoms with E-state index in [4.69, 9.17) is 0 Å². The summed E-state index contributed by atoms with van der Waals surface area (Å²) in [5.74, 6) is 2.04. The Balaban J connectivity index is -0.0000000252. The molecule has 2 saturated carbocycles. The summed E-state index contributed by atoms with van der Waals surface area (Å²) in [4.78, 5) is 0. The van der Waals surface area contributed by atoms with Crippen molar-refractivity contribution in [1.29, 1.82) is 0 Å². The lowest BCUT2D eigenvalue weighted by molar-refractivity contribution is 0.404. The maximum atomic E-state index is 2.39. The van der Waals surface area contributed by atoms with Crippen molar-refractivity contribution < 1.29 is 0 Å². The van der Waals surface area contributed by atoms with Crippen molar-refractivity contribution in [1.82, 2.24) is 0 Å². The van der Waals surface area contributed by atoms with Crippen LogP contribution in [0.5, 0.6) is 0 Å². The van der Waals surface area contributed by atoms with Crippen molar-refractivity contribution >= 4 is 9.90 Å². The van der Waals surface area contributed by atoms with Crippen molar-refractivity contribution in [3.63, 3.8) is 0 Å². The molecule has 0 N–H and O–H groups in total. The van der Waals surface area contributed by atoms with Crippen LogP contribution < -0.4 is 0 Å². The summed E-state index contributed by atoms with van der Waals surface area (Å²) >= 11 is 0. The van der Waals surface area contributed by atoms with Gasteiger partial charge in [0, 0.05) is 0 Å². The number of rotatable bonds is 0. The average Bonchev–Trinajstić information content (AvgIpc) is 2.93. The second kappa shape index (κ2) is 110. The zero-order chi connectivity index (χ0) is 29.1. The van der Waals surface area contributed by atoms with Crippen molar-refractivity contribution in [2.75, 3.05) is 0 Å². The molecule has 0 saturated heterocycles. The quantitative estimate of drug-likeness (QED) is 0.259. The third-order valence-corrected chi connectivity index (χ3v) is 4.79. The first-order valence-corrected chi connectivity index (χ1v) is 16.8. The Morgan fingerprint density at radius 2 is 0.378 bits per heavy atom. The van der Waals surface area contributed by atoms with E-state index in [1.54, 1.807) is 0 Å².